The quantitative estimate of drug-likeness (QED) is 0.927. The highest BCUT2D eigenvalue weighted by Gasteiger charge is 2.18. The van der Waals surface area contributed by atoms with E-state index in [1.165, 1.54) is 0 Å². The smallest absolute Gasteiger partial charge is 0.321 e. The van der Waals surface area contributed by atoms with E-state index in [4.69, 9.17) is 9.47 Å². The molecule has 2 heterocycles. The second kappa shape index (κ2) is 8.48. The molecule has 0 saturated carbocycles. The van der Waals surface area contributed by atoms with Crippen molar-refractivity contribution in [2.45, 2.75) is 26.1 Å². The number of benzene rings is 1. The normalized spacial score (nSPS) is 17.6. The summed E-state index contributed by atoms with van der Waals surface area (Å²) in [5.74, 6) is 0.527. The Morgan fingerprint density at radius 2 is 2.12 bits per heavy atom. The van der Waals surface area contributed by atoms with Gasteiger partial charge in [-0.05, 0) is 25.0 Å². The van der Waals surface area contributed by atoms with Gasteiger partial charge in [-0.3, -0.25) is 0 Å². The Bertz CT molecular complexity index is 676. The Kier molecular flexibility index (Phi) is 5.85. The third-order valence-corrected chi connectivity index (χ3v) is 4.07. The highest BCUT2D eigenvalue weighted by Crippen LogP contribution is 2.15. The van der Waals surface area contributed by atoms with Crippen LogP contribution in [-0.2, 0) is 11.3 Å². The molecule has 1 N–H and O–H groups in total. The third-order valence-electron chi connectivity index (χ3n) is 4.07. The number of amides is 2. The van der Waals surface area contributed by atoms with Gasteiger partial charge in [0, 0.05) is 19.2 Å². The van der Waals surface area contributed by atoms with Crippen LogP contribution in [0.3, 0.4) is 0 Å². The minimum Gasteiger partial charge on any atom is -0.473 e. The Labute approximate surface area is 147 Å². The fourth-order valence-corrected chi connectivity index (χ4v) is 2.57. The summed E-state index contributed by atoms with van der Waals surface area (Å²) in [6.45, 7) is 4.35. The molecule has 1 aliphatic heterocycles. The van der Waals surface area contributed by atoms with E-state index in [1.807, 2.05) is 37.3 Å². The second-order valence-electron chi connectivity index (χ2n) is 6.05. The van der Waals surface area contributed by atoms with E-state index in [9.17, 15) is 4.79 Å². The molecule has 0 aliphatic carbocycles. The summed E-state index contributed by atoms with van der Waals surface area (Å²) in [7, 11) is 0. The Balaban J connectivity index is 1.51. The summed E-state index contributed by atoms with van der Waals surface area (Å²) >= 11 is 0. The van der Waals surface area contributed by atoms with Crippen LogP contribution >= 0.6 is 0 Å². The number of hydrogen-bond acceptors (Lipinski definition) is 4. The van der Waals surface area contributed by atoms with Crippen molar-refractivity contribution in [2.24, 2.45) is 0 Å². The highest BCUT2D eigenvalue weighted by molar-refractivity contribution is 5.89. The number of aromatic nitrogens is 1. The minimum absolute atomic E-state index is 0.127. The van der Waals surface area contributed by atoms with Crippen molar-refractivity contribution in [3.63, 3.8) is 0 Å². The summed E-state index contributed by atoms with van der Waals surface area (Å²) in [6.07, 6.45) is 2.65. The molecule has 1 saturated heterocycles. The van der Waals surface area contributed by atoms with Crippen LogP contribution < -0.4 is 10.1 Å². The molecule has 0 radical (unpaired) electrons. The zero-order valence-corrected chi connectivity index (χ0v) is 14.4. The molecule has 2 amide bonds. The summed E-state index contributed by atoms with van der Waals surface area (Å²) in [6, 6.07) is 13.3. The molecule has 1 atom stereocenters. The summed E-state index contributed by atoms with van der Waals surface area (Å²) in [5.41, 5.74) is 1.73. The van der Waals surface area contributed by atoms with Gasteiger partial charge in [0.2, 0.25) is 5.88 Å². The van der Waals surface area contributed by atoms with Crippen molar-refractivity contribution < 1.29 is 14.3 Å². The number of rotatable bonds is 4. The first kappa shape index (κ1) is 17.2. The number of carbonyl (C=O) groups is 1. The number of pyridine rings is 1. The molecule has 1 aromatic carbocycles. The predicted molar refractivity (Wildman–Crippen MR) is 95.6 cm³/mol. The average molecular weight is 341 g/mol. The predicted octanol–water partition coefficient (Wildman–Crippen LogP) is 3.30. The molecular formula is C19H23N3O3. The standard InChI is InChI=1S/C19H23N3O3/c1-15-9-10-22(11-12-24-15)19(23)21-17-7-8-18(20-13-17)25-14-16-5-3-2-4-6-16/h2-8,13,15H,9-12,14H2,1H3,(H,21,23)/t15-/m0/s1. The van der Waals surface area contributed by atoms with Crippen LogP contribution in [0, 0.1) is 0 Å². The Hall–Kier alpha value is -2.60. The van der Waals surface area contributed by atoms with E-state index < -0.39 is 0 Å². The largest absolute Gasteiger partial charge is 0.473 e. The summed E-state index contributed by atoms with van der Waals surface area (Å²) in [4.78, 5) is 18.3. The van der Waals surface area contributed by atoms with E-state index in [0.717, 1.165) is 12.0 Å². The van der Waals surface area contributed by atoms with Crippen molar-refractivity contribution in [1.29, 1.82) is 0 Å². The molecule has 6 nitrogen and oxygen atoms in total. The van der Waals surface area contributed by atoms with Crippen molar-refractivity contribution in [3.05, 3.63) is 54.2 Å². The van der Waals surface area contributed by atoms with Gasteiger partial charge in [-0.15, -0.1) is 0 Å². The van der Waals surface area contributed by atoms with Crippen LogP contribution in [0.5, 0.6) is 5.88 Å². The molecule has 0 spiro atoms. The lowest BCUT2D eigenvalue weighted by Crippen LogP contribution is -2.36. The van der Waals surface area contributed by atoms with Gasteiger partial charge in [0.15, 0.2) is 0 Å². The highest BCUT2D eigenvalue weighted by atomic mass is 16.5. The van der Waals surface area contributed by atoms with Crippen LogP contribution in [0.4, 0.5) is 10.5 Å². The SMILES string of the molecule is C[C@H]1CCN(C(=O)Nc2ccc(OCc3ccccc3)nc2)CCO1. The van der Waals surface area contributed by atoms with E-state index in [-0.39, 0.29) is 12.1 Å². The van der Waals surface area contributed by atoms with Crippen molar-refractivity contribution >= 4 is 11.7 Å². The lowest BCUT2D eigenvalue weighted by atomic mass is 10.2. The first-order valence-corrected chi connectivity index (χ1v) is 8.51. The van der Waals surface area contributed by atoms with Gasteiger partial charge in [-0.1, -0.05) is 30.3 Å². The lowest BCUT2D eigenvalue weighted by Gasteiger charge is -2.20. The number of carbonyl (C=O) groups excluding carboxylic acids is 1. The number of nitrogens with zero attached hydrogens (tertiary/aromatic N) is 2. The maximum Gasteiger partial charge on any atom is 0.321 e. The number of nitrogens with one attached hydrogen (secondary N) is 1. The molecule has 3 rings (SSSR count). The van der Waals surface area contributed by atoms with Crippen LogP contribution in [0.15, 0.2) is 48.7 Å². The second-order valence-corrected chi connectivity index (χ2v) is 6.05. The fourth-order valence-electron chi connectivity index (χ4n) is 2.57. The molecule has 0 unspecified atom stereocenters. The van der Waals surface area contributed by atoms with Gasteiger partial charge >= 0.3 is 6.03 Å². The number of hydrogen-bond donors (Lipinski definition) is 1. The summed E-state index contributed by atoms with van der Waals surface area (Å²) < 4.78 is 11.2. The number of ether oxygens (including phenoxy) is 2. The molecule has 2 aromatic rings. The molecule has 132 valence electrons. The van der Waals surface area contributed by atoms with Gasteiger partial charge in [-0.25, -0.2) is 9.78 Å². The van der Waals surface area contributed by atoms with E-state index in [1.54, 1.807) is 23.2 Å². The Morgan fingerprint density at radius 1 is 1.28 bits per heavy atom. The number of urea groups is 1. The molecule has 6 heteroatoms. The van der Waals surface area contributed by atoms with Crippen molar-refractivity contribution in [2.75, 3.05) is 25.0 Å². The van der Waals surface area contributed by atoms with Gasteiger partial charge in [0.25, 0.3) is 0 Å². The van der Waals surface area contributed by atoms with Crippen LogP contribution in [0.2, 0.25) is 0 Å². The minimum atomic E-state index is -0.127. The van der Waals surface area contributed by atoms with Gasteiger partial charge in [0.05, 0.1) is 24.6 Å². The Morgan fingerprint density at radius 3 is 2.88 bits per heavy atom. The van der Waals surface area contributed by atoms with E-state index in [2.05, 4.69) is 10.3 Å². The van der Waals surface area contributed by atoms with Crippen molar-refractivity contribution in [3.8, 4) is 5.88 Å². The average Bonchev–Trinajstić information content (AvgIpc) is 2.87. The zero-order valence-electron chi connectivity index (χ0n) is 14.4. The zero-order chi connectivity index (χ0) is 17.5. The topological polar surface area (TPSA) is 63.7 Å². The molecule has 1 aromatic heterocycles. The molecular weight excluding hydrogens is 318 g/mol. The monoisotopic (exact) mass is 341 g/mol. The lowest BCUT2D eigenvalue weighted by molar-refractivity contribution is 0.0761. The molecule has 1 aliphatic rings. The third kappa shape index (κ3) is 5.19. The van der Waals surface area contributed by atoms with Gasteiger partial charge in [0.1, 0.15) is 6.61 Å². The molecule has 1 fully saturated rings. The van der Waals surface area contributed by atoms with E-state index in [0.29, 0.717) is 37.9 Å². The van der Waals surface area contributed by atoms with Crippen LogP contribution in [0.25, 0.3) is 0 Å². The maximum atomic E-state index is 12.3. The van der Waals surface area contributed by atoms with Gasteiger partial charge < -0.3 is 19.7 Å². The van der Waals surface area contributed by atoms with Crippen molar-refractivity contribution in [1.82, 2.24) is 9.88 Å². The maximum absolute atomic E-state index is 12.3. The number of anilines is 1. The van der Waals surface area contributed by atoms with Crippen LogP contribution in [0.1, 0.15) is 18.9 Å². The van der Waals surface area contributed by atoms with Crippen LogP contribution in [-0.4, -0.2) is 41.7 Å². The molecule has 0 bridgehead atoms. The fraction of sp³-hybridized carbons (Fsp3) is 0.368. The molecule has 25 heavy (non-hydrogen) atoms. The van der Waals surface area contributed by atoms with E-state index >= 15 is 0 Å². The first-order valence-electron chi connectivity index (χ1n) is 8.51. The first-order chi connectivity index (χ1) is 12.2. The summed E-state index contributed by atoms with van der Waals surface area (Å²) in [5, 5.41) is 2.87. The van der Waals surface area contributed by atoms with Gasteiger partial charge in [-0.2, -0.15) is 0 Å².